The van der Waals surface area contributed by atoms with Crippen LogP contribution in [0, 0.1) is 6.92 Å². The molecule has 6 heteroatoms. The smallest absolute Gasteiger partial charge is 0.354 e. The van der Waals surface area contributed by atoms with E-state index in [0.29, 0.717) is 17.9 Å². The lowest BCUT2D eigenvalue weighted by Gasteiger charge is -2.37. The number of hydrogen-bond donors (Lipinski definition) is 1. The molecule has 1 aromatic rings. The van der Waals surface area contributed by atoms with Gasteiger partial charge >= 0.3 is 6.18 Å². The highest BCUT2D eigenvalue weighted by molar-refractivity contribution is 5.45. The van der Waals surface area contributed by atoms with Crippen molar-refractivity contribution >= 4 is 5.82 Å². The molecular weight excluding hydrogens is 255 g/mol. The number of rotatable bonds is 1. The summed E-state index contributed by atoms with van der Waals surface area (Å²) in [4.78, 5) is 6.00. The van der Waals surface area contributed by atoms with Crippen molar-refractivity contribution in [2.45, 2.75) is 39.0 Å². The zero-order chi connectivity index (χ0) is 14.2. The number of nitrogens with one attached hydrogen (secondary N) is 1. The number of halogens is 3. The molecule has 1 aliphatic heterocycles. The van der Waals surface area contributed by atoms with Gasteiger partial charge in [-0.15, -0.1) is 0 Å². The summed E-state index contributed by atoms with van der Waals surface area (Å²) in [5.74, 6) is 0.616. The maximum atomic E-state index is 12.7. The first-order chi connectivity index (χ1) is 8.77. The average molecular weight is 273 g/mol. The van der Waals surface area contributed by atoms with Gasteiger partial charge in [0.05, 0.1) is 5.56 Å². The summed E-state index contributed by atoms with van der Waals surface area (Å²) in [5, 5.41) is 3.38. The van der Waals surface area contributed by atoms with Crippen molar-refractivity contribution in [2.75, 3.05) is 18.0 Å². The molecule has 106 valence electrons. The van der Waals surface area contributed by atoms with E-state index in [9.17, 15) is 13.2 Å². The van der Waals surface area contributed by atoms with Crippen molar-refractivity contribution in [3.8, 4) is 0 Å². The first-order valence-electron chi connectivity index (χ1n) is 6.32. The Morgan fingerprint density at radius 2 is 1.84 bits per heavy atom. The van der Waals surface area contributed by atoms with Crippen molar-refractivity contribution in [3.05, 3.63) is 23.4 Å². The second-order valence-electron chi connectivity index (χ2n) is 5.23. The Morgan fingerprint density at radius 3 is 2.32 bits per heavy atom. The molecule has 2 heterocycles. The van der Waals surface area contributed by atoms with E-state index < -0.39 is 11.7 Å². The first-order valence-corrected chi connectivity index (χ1v) is 6.32. The van der Waals surface area contributed by atoms with E-state index in [4.69, 9.17) is 0 Å². The van der Waals surface area contributed by atoms with Crippen LogP contribution in [0.4, 0.5) is 19.0 Å². The minimum absolute atomic E-state index is 0.219. The average Bonchev–Trinajstić information content (AvgIpc) is 2.25. The molecule has 1 aromatic heterocycles. The molecule has 0 saturated carbocycles. The molecule has 0 amide bonds. The molecule has 0 spiro atoms. The van der Waals surface area contributed by atoms with E-state index in [0.717, 1.165) is 19.3 Å². The Bertz CT molecular complexity index is 449. The van der Waals surface area contributed by atoms with Crippen LogP contribution in [0.3, 0.4) is 0 Å². The highest BCUT2D eigenvalue weighted by atomic mass is 19.4. The van der Waals surface area contributed by atoms with Gasteiger partial charge in [-0.25, -0.2) is 4.98 Å². The normalized spacial score (nSPS) is 24.6. The summed E-state index contributed by atoms with van der Waals surface area (Å²) in [5.41, 5.74) is -0.441. The fourth-order valence-corrected chi connectivity index (χ4v) is 2.52. The van der Waals surface area contributed by atoms with Crippen molar-refractivity contribution < 1.29 is 13.2 Å². The molecule has 1 fully saturated rings. The lowest BCUT2D eigenvalue weighted by molar-refractivity contribution is -0.138. The molecule has 19 heavy (non-hydrogen) atoms. The third kappa shape index (κ3) is 3.18. The lowest BCUT2D eigenvalue weighted by Crippen LogP contribution is -2.54. The zero-order valence-corrected chi connectivity index (χ0v) is 11.3. The minimum Gasteiger partial charge on any atom is -0.354 e. The number of piperazine rings is 1. The van der Waals surface area contributed by atoms with Gasteiger partial charge in [0.1, 0.15) is 5.82 Å². The highest BCUT2D eigenvalue weighted by Gasteiger charge is 2.33. The number of nitrogens with zero attached hydrogens (tertiary/aromatic N) is 2. The Kier molecular flexibility index (Phi) is 3.71. The molecule has 0 bridgehead atoms. The minimum atomic E-state index is -4.33. The van der Waals surface area contributed by atoms with Gasteiger partial charge in [-0.1, -0.05) is 0 Å². The van der Waals surface area contributed by atoms with E-state index in [1.807, 2.05) is 4.90 Å². The largest absolute Gasteiger partial charge is 0.418 e. The molecule has 2 rings (SSSR count). The Morgan fingerprint density at radius 1 is 1.26 bits per heavy atom. The van der Waals surface area contributed by atoms with Crippen molar-refractivity contribution in [1.29, 1.82) is 0 Å². The van der Waals surface area contributed by atoms with E-state index in [2.05, 4.69) is 24.1 Å². The van der Waals surface area contributed by atoms with E-state index in [-0.39, 0.29) is 5.56 Å². The molecule has 1 aliphatic rings. The number of anilines is 1. The number of hydrogen-bond acceptors (Lipinski definition) is 3. The van der Waals surface area contributed by atoms with E-state index >= 15 is 0 Å². The third-order valence-electron chi connectivity index (χ3n) is 3.28. The van der Waals surface area contributed by atoms with Crippen LogP contribution in [0.5, 0.6) is 0 Å². The maximum absolute atomic E-state index is 12.7. The van der Waals surface area contributed by atoms with Gasteiger partial charge in [0.25, 0.3) is 0 Å². The van der Waals surface area contributed by atoms with Crippen LogP contribution in [0.2, 0.25) is 0 Å². The fourth-order valence-electron chi connectivity index (χ4n) is 2.52. The fraction of sp³-hybridized carbons (Fsp3) is 0.615. The molecule has 2 atom stereocenters. The first kappa shape index (κ1) is 14.1. The quantitative estimate of drug-likeness (QED) is 0.852. The monoisotopic (exact) mass is 273 g/mol. The van der Waals surface area contributed by atoms with Gasteiger partial charge in [-0.2, -0.15) is 13.2 Å². The molecular formula is C13H18F3N3. The number of pyridine rings is 1. The van der Waals surface area contributed by atoms with Crippen LogP contribution in [0.1, 0.15) is 25.0 Å². The second-order valence-corrected chi connectivity index (χ2v) is 5.23. The molecule has 3 nitrogen and oxygen atoms in total. The van der Waals surface area contributed by atoms with Crippen LogP contribution >= 0.6 is 0 Å². The second kappa shape index (κ2) is 5.00. The van der Waals surface area contributed by atoms with Gasteiger partial charge in [0.15, 0.2) is 0 Å². The van der Waals surface area contributed by atoms with Crippen LogP contribution < -0.4 is 10.2 Å². The SMILES string of the molecule is Cc1cc(N2C[C@@H](C)N[C@@H](C)C2)ncc1C(F)(F)F. The Labute approximate surface area is 110 Å². The summed E-state index contributed by atoms with van der Waals surface area (Å²) in [6, 6.07) is 2.12. The van der Waals surface area contributed by atoms with Gasteiger partial charge < -0.3 is 10.2 Å². The summed E-state index contributed by atoms with van der Waals surface area (Å²) in [6.45, 7) is 7.09. The summed E-state index contributed by atoms with van der Waals surface area (Å²) in [7, 11) is 0. The van der Waals surface area contributed by atoms with Crippen molar-refractivity contribution in [1.82, 2.24) is 10.3 Å². The van der Waals surface area contributed by atoms with Gasteiger partial charge in [0.2, 0.25) is 0 Å². The summed E-state index contributed by atoms with van der Waals surface area (Å²) < 4.78 is 38.0. The van der Waals surface area contributed by atoms with E-state index in [1.165, 1.54) is 13.0 Å². The maximum Gasteiger partial charge on any atom is 0.418 e. The molecule has 0 aliphatic carbocycles. The summed E-state index contributed by atoms with van der Waals surface area (Å²) in [6.07, 6.45) is -3.40. The van der Waals surface area contributed by atoms with Crippen LogP contribution in [0.15, 0.2) is 12.3 Å². The topological polar surface area (TPSA) is 28.2 Å². The van der Waals surface area contributed by atoms with Crippen LogP contribution in [0.25, 0.3) is 0 Å². The Hall–Kier alpha value is -1.30. The summed E-state index contributed by atoms with van der Waals surface area (Å²) >= 11 is 0. The van der Waals surface area contributed by atoms with Crippen molar-refractivity contribution in [2.24, 2.45) is 0 Å². The molecule has 1 N–H and O–H groups in total. The molecule has 0 unspecified atom stereocenters. The zero-order valence-electron chi connectivity index (χ0n) is 11.3. The van der Waals surface area contributed by atoms with E-state index in [1.54, 1.807) is 0 Å². The van der Waals surface area contributed by atoms with Crippen molar-refractivity contribution in [3.63, 3.8) is 0 Å². The predicted octanol–water partition coefficient (Wildman–Crippen LogP) is 2.60. The standard InChI is InChI=1S/C13H18F3N3/c1-8-4-12(17-5-11(8)13(14,15)16)19-6-9(2)18-10(3)7-19/h4-5,9-10,18H,6-7H2,1-3H3/t9-,10+. The van der Waals surface area contributed by atoms with Gasteiger partial charge in [-0.3, -0.25) is 0 Å². The third-order valence-corrected chi connectivity index (χ3v) is 3.28. The molecule has 0 aromatic carbocycles. The van der Waals surface area contributed by atoms with Gasteiger partial charge in [0, 0.05) is 31.4 Å². The molecule has 0 radical (unpaired) electrons. The molecule has 1 saturated heterocycles. The van der Waals surface area contributed by atoms with Crippen LogP contribution in [-0.4, -0.2) is 30.2 Å². The highest BCUT2D eigenvalue weighted by Crippen LogP contribution is 2.32. The lowest BCUT2D eigenvalue weighted by atomic mass is 10.1. The number of alkyl halides is 3. The van der Waals surface area contributed by atoms with Crippen LogP contribution in [-0.2, 0) is 6.18 Å². The predicted molar refractivity (Wildman–Crippen MR) is 68.2 cm³/mol. The number of aromatic nitrogens is 1. The van der Waals surface area contributed by atoms with Gasteiger partial charge in [-0.05, 0) is 32.4 Å². The Balaban J connectivity index is 2.25. The number of aryl methyl sites for hydroxylation is 1.